The van der Waals surface area contributed by atoms with Crippen LogP contribution in [0.25, 0.3) is 0 Å². The second-order valence-electron chi connectivity index (χ2n) is 4.84. The van der Waals surface area contributed by atoms with Crippen LogP contribution >= 0.6 is 0 Å². The van der Waals surface area contributed by atoms with Crippen LogP contribution in [0.2, 0.25) is 0 Å². The van der Waals surface area contributed by atoms with Gasteiger partial charge in [0.25, 0.3) is 0 Å². The van der Waals surface area contributed by atoms with Crippen molar-refractivity contribution in [2.75, 3.05) is 52.4 Å². The third-order valence-electron chi connectivity index (χ3n) is 3.25. The van der Waals surface area contributed by atoms with Gasteiger partial charge in [-0.15, -0.1) is 0 Å². The second kappa shape index (κ2) is 10.1. The number of carbonyl (C=O) groups excluding carboxylic acids is 1. The number of amides is 1. The Hall–Kier alpha value is -0.690. The highest BCUT2D eigenvalue weighted by atomic mass is 16.5. The predicted octanol–water partition coefficient (Wildman–Crippen LogP) is -0.848. The maximum Gasteiger partial charge on any atom is 0.234 e. The van der Waals surface area contributed by atoms with Gasteiger partial charge >= 0.3 is 0 Å². The smallest absolute Gasteiger partial charge is 0.234 e. The Morgan fingerprint density at radius 2 is 2.11 bits per heavy atom. The lowest BCUT2D eigenvalue weighted by atomic mass is 10.1. The van der Waals surface area contributed by atoms with Crippen LogP contribution in [0, 0.1) is 0 Å². The van der Waals surface area contributed by atoms with Crippen molar-refractivity contribution in [1.82, 2.24) is 15.5 Å². The largest absolute Gasteiger partial charge is 0.377 e. The minimum atomic E-state index is 0.110. The molecule has 0 spiro atoms. The van der Waals surface area contributed by atoms with Crippen LogP contribution in [-0.2, 0) is 9.53 Å². The molecule has 1 aliphatic heterocycles. The summed E-state index contributed by atoms with van der Waals surface area (Å²) in [4.78, 5) is 13.9. The number of hydrogen-bond donors (Lipinski definition) is 3. The summed E-state index contributed by atoms with van der Waals surface area (Å²) in [6.07, 6.45) is 2.30. The standard InChI is InChI=1S/C13H28N4O2/c1-2-15-6-7-16-13(18)11-17-8-3-12(4-9-17)19-10-5-14/h12,15H,2-11,14H2,1H3,(H,16,18). The van der Waals surface area contributed by atoms with E-state index in [9.17, 15) is 4.79 Å². The van der Waals surface area contributed by atoms with Crippen molar-refractivity contribution in [2.24, 2.45) is 5.73 Å². The van der Waals surface area contributed by atoms with Crippen molar-refractivity contribution in [3.8, 4) is 0 Å². The zero-order valence-corrected chi connectivity index (χ0v) is 12.0. The lowest BCUT2D eigenvalue weighted by Gasteiger charge is -2.31. The number of carbonyl (C=O) groups is 1. The van der Waals surface area contributed by atoms with Crippen molar-refractivity contribution in [2.45, 2.75) is 25.9 Å². The van der Waals surface area contributed by atoms with E-state index in [1.807, 2.05) is 0 Å². The normalized spacial score (nSPS) is 17.6. The van der Waals surface area contributed by atoms with Gasteiger partial charge in [-0.3, -0.25) is 9.69 Å². The van der Waals surface area contributed by atoms with E-state index in [-0.39, 0.29) is 5.91 Å². The van der Waals surface area contributed by atoms with Crippen molar-refractivity contribution in [3.05, 3.63) is 0 Å². The van der Waals surface area contributed by atoms with E-state index in [0.29, 0.717) is 32.3 Å². The number of rotatable bonds is 9. The molecule has 0 aromatic rings. The Balaban J connectivity index is 2.06. The summed E-state index contributed by atoms with van der Waals surface area (Å²) >= 11 is 0. The third kappa shape index (κ3) is 7.47. The summed E-state index contributed by atoms with van der Waals surface area (Å²) in [5.41, 5.74) is 5.41. The van der Waals surface area contributed by atoms with E-state index >= 15 is 0 Å². The van der Waals surface area contributed by atoms with Crippen LogP contribution in [0.15, 0.2) is 0 Å². The topological polar surface area (TPSA) is 79.6 Å². The highest BCUT2D eigenvalue weighted by Gasteiger charge is 2.20. The van der Waals surface area contributed by atoms with Gasteiger partial charge in [-0.2, -0.15) is 0 Å². The van der Waals surface area contributed by atoms with Gasteiger partial charge in [-0.25, -0.2) is 0 Å². The van der Waals surface area contributed by atoms with Crippen LogP contribution in [0.4, 0.5) is 0 Å². The number of nitrogens with one attached hydrogen (secondary N) is 2. The molecule has 0 bridgehead atoms. The molecule has 0 radical (unpaired) electrons. The molecule has 4 N–H and O–H groups in total. The van der Waals surface area contributed by atoms with Crippen molar-refractivity contribution < 1.29 is 9.53 Å². The molecule has 0 atom stereocenters. The predicted molar refractivity (Wildman–Crippen MR) is 76.0 cm³/mol. The Morgan fingerprint density at radius 3 is 2.74 bits per heavy atom. The number of nitrogens with zero attached hydrogens (tertiary/aromatic N) is 1. The molecular formula is C13H28N4O2. The van der Waals surface area contributed by atoms with Crippen molar-refractivity contribution in [1.29, 1.82) is 0 Å². The Labute approximate surface area is 116 Å². The highest BCUT2D eigenvalue weighted by Crippen LogP contribution is 2.12. The Morgan fingerprint density at radius 1 is 1.37 bits per heavy atom. The van der Waals surface area contributed by atoms with Gasteiger partial charge in [0, 0.05) is 32.7 Å². The molecule has 19 heavy (non-hydrogen) atoms. The van der Waals surface area contributed by atoms with E-state index in [1.165, 1.54) is 0 Å². The van der Waals surface area contributed by atoms with Gasteiger partial charge in [0.1, 0.15) is 0 Å². The first-order valence-corrected chi connectivity index (χ1v) is 7.27. The molecule has 0 saturated carbocycles. The van der Waals surface area contributed by atoms with Crippen LogP contribution in [0.1, 0.15) is 19.8 Å². The molecule has 1 amide bonds. The van der Waals surface area contributed by atoms with Gasteiger partial charge in [0.15, 0.2) is 0 Å². The minimum Gasteiger partial charge on any atom is -0.377 e. The van der Waals surface area contributed by atoms with Crippen molar-refractivity contribution >= 4 is 5.91 Å². The lowest BCUT2D eigenvalue weighted by Crippen LogP contribution is -2.44. The van der Waals surface area contributed by atoms with Gasteiger partial charge in [0.05, 0.1) is 19.3 Å². The number of likely N-dealkylation sites (N-methyl/N-ethyl adjacent to an activating group) is 1. The number of hydrogen-bond acceptors (Lipinski definition) is 5. The first-order chi connectivity index (χ1) is 9.26. The lowest BCUT2D eigenvalue weighted by molar-refractivity contribution is -0.122. The maximum absolute atomic E-state index is 11.7. The van der Waals surface area contributed by atoms with Gasteiger partial charge in [-0.1, -0.05) is 6.92 Å². The fourth-order valence-corrected chi connectivity index (χ4v) is 2.19. The van der Waals surface area contributed by atoms with E-state index in [2.05, 4.69) is 22.5 Å². The molecule has 1 fully saturated rings. The molecule has 1 saturated heterocycles. The summed E-state index contributed by atoms with van der Waals surface area (Å²) in [7, 11) is 0. The molecule has 6 nitrogen and oxygen atoms in total. The summed E-state index contributed by atoms with van der Waals surface area (Å²) in [6, 6.07) is 0. The molecule has 0 aromatic heterocycles. The van der Waals surface area contributed by atoms with Crippen LogP contribution in [0.3, 0.4) is 0 Å². The zero-order valence-electron chi connectivity index (χ0n) is 12.0. The fraction of sp³-hybridized carbons (Fsp3) is 0.923. The second-order valence-corrected chi connectivity index (χ2v) is 4.84. The van der Waals surface area contributed by atoms with Gasteiger partial charge in [-0.05, 0) is 19.4 Å². The summed E-state index contributed by atoms with van der Waals surface area (Å²) in [5, 5.41) is 6.10. The Bertz CT molecular complexity index is 243. The van der Waals surface area contributed by atoms with E-state index in [4.69, 9.17) is 10.5 Å². The zero-order chi connectivity index (χ0) is 13.9. The number of ether oxygens (including phenoxy) is 1. The molecule has 1 rings (SSSR count). The molecule has 1 heterocycles. The van der Waals surface area contributed by atoms with Crippen molar-refractivity contribution in [3.63, 3.8) is 0 Å². The molecule has 6 heteroatoms. The van der Waals surface area contributed by atoms with E-state index < -0.39 is 0 Å². The first kappa shape index (κ1) is 16.4. The Kier molecular flexibility index (Phi) is 8.73. The molecule has 0 aromatic carbocycles. The molecule has 0 unspecified atom stereocenters. The SMILES string of the molecule is CCNCCNC(=O)CN1CCC(OCCN)CC1. The van der Waals surface area contributed by atoms with Crippen LogP contribution in [-0.4, -0.2) is 69.3 Å². The van der Waals surface area contributed by atoms with Crippen LogP contribution < -0.4 is 16.4 Å². The average Bonchev–Trinajstić information content (AvgIpc) is 2.43. The molecule has 1 aliphatic rings. The van der Waals surface area contributed by atoms with Crippen LogP contribution in [0.5, 0.6) is 0 Å². The summed E-state index contributed by atoms with van der Waals surface area (Å²) in [6.45, 7) is 8.08. The monoisotopic (exact) mass is 272 g/mol. The third-order valence-corrected chi connectivity index (χ3v) is 3.25. The van der Waals surface area contributed by atoms with E-state index in [0.717, 1.165) is 39.0 Å². The van der Waals surface area contributed by atoms with Gasteiger partial charge < -0.3 is 21.1 Å². The maximum atomic E-state index is 11.7. The number of likely N-dealkylation sites (tertiary alicyclic amines) is 1. The number of piperidine rings is 1. The minimum absolute atomic E-state index is 0.110. The molecular weight excluding hydrogens is 244 g/mol. The fourth-order valence-electron chi connectivity index (χ4n) is 2.19. The highest BCUT2D eigenvalue weighted by molar-refractivity contribution is 5.78. The summed E-state index contributed by atoms with van der Waals surface area (Å²) < 4.78 is 5.62. The average molecular weight is 272 g/mol. The molecule has 112 valence electrons. The van der Waals surface area contributed by atoms with Gasteiger partial charge in [0.2, 0.25) is 5.91 Å². The molecule has 0 aliphatic carbocycles. The first-order valence-electron chi connectivity index (χ1n) is 7.27. The summed E-state index contributed by atoms with van der Waals surface area (Å²) in [5.74, 6) is 0.110. The van der Waals surface area contributed by atoms with E-state index in [1.54, 1.807) is 0 Å². The quantitative estimate of drug-likeness (QED) is 0.477. The number of nitrogens with two attached hydrogens (primary N) is 1.